The number of aromatic nitrogens is 3. The lowest BCUT2D eigenvalue weighted by Gasteiger charge is -2.19. The summed E-state index contributed by atoms with van der Waals surface area (Å²) in [5.41, 5.74) is 8.32. The van der Waals surface area contributed by atoms with Crippen molar-refractivity contribution in [3.8, 4) is 28.0 Å². The largest absolute Gasteiger partial charge is 0.495 e. The van der Waals surface area contributed by atoms with Crippen LogP contribution in [-0.4, -0.2) is 28.0 Å². The van der Waals surface area contributed by atoms with Crippen LogP contribution in [0.3, 0.4) is 0 Å². The summed E-state index contributed by atoms with van der Waals surface area (Å²) in [5, 5.41) is 3.17. The molecule has 3 aromatic carbocycles. The van der Waals surface area contributed by atoms with Crippen LogP contribution in [0, 0.1) is 12.7 Å². The van der Waals surface area contributed by atoms with Crippen LogP contribution >= 0.6 is 0 Å². The summed E-state index contributed by atoms with van der Waals surface area (Å²) in [4.78, 5) is 25.5. The Bertz CT molecular complexity index is 1760. The maximum Gasteiger partial charge on any atom is 0.416 e. The molecule has 0 spiro atoms. The van der Waals surface area contributed by atoms with E-state index in [2.05, 4.69) is 20.3 Å². The number of amides is 1. The number of pyridine rings is 1. The second kappa shape index (κ2) is 10.3. The highest BCUT2D eigenvalue weighted by Gasteiger charge is 2.32. The first kappa shape index (κ1) is 26.5. The standard InChI is InChI=1S/C29H21F4N5O2/c1-15-3-5-19(37-27(39)22-12-18(29(31,32)33)4-6-23(22)30)13-20(15)21-11-17-14-36-28(34)38-25(17)24(26(21)40-2)16-7-9-35-10-8-16/h3-14H,1-2H3,(H,37,39)(H2,34,36,38). The highest BCUT2D eigenvalue weighted by Crippen LogP contribution is 2.45. The van der Waals surface area contributed by atoms with Crippen molar-refractivity contribution in [3.05, 3.63) is 95.7 Å². The second-order valence-electron chi connectivity index (χ2n) is 8.91. The van der Waals surface area contributed by atoms with Gasteiger partial charge in [-0.05, 0) is 72.1 Å². The zero-order valence-corrected chi connectivity index (χ0v) is 21.2. The quantitative estimate of drug-likeness (QED) is 0.238. The van der Waals surface area contributed by atoms with Gasteiger partial charge < -0.3 is 15.8 Å². The second-order valence-corrected chi connectivity index (χ2v) is 8.91. The van der Waals surface area contributed by atoms with Crippen LogP contribution in [0.4, 0.5) is 29.2 Å². The van der Waals surface area contributed by atoms with E-state index >= 15 is 0 Å². The molecule has 2 aromatic heterocycles. The topological polar surface area (TPSA) is 103 Å². The number of benzene rings is 3. The zero-order chi connectivity index (χ0) is 28.6. The molecule has 0 radical (unpaired) electrons. The molecular formula is C29H21F4N5O2. The van der Waals surface area contributed by atoms with Gasteiger partial charge in [-0.1, -0.05) is 6.07 Å². The number of alkyl halides is 3. The first-order valence-corrected chi connectivity index (χ1v) is 11.9. The molecule has 0 atom stereocenters. The fourth-order valence-electron chi connectivity index (χ4n) is 4.44. The highest BCUT2D eigenvalue weighted by atomic mass is 19.4. The van der Waals surface area contributed by atoms with Gasteiger partial charge in [-0.2, -0.15) is 13.2 Å². The van der Waals surface area contributed by atoms with E-state index in [0.717, 1.165) is 11.1 Å². The van der Waals surface area contributed by atoms with Crippen molar-refractivity contribution in [2.24, 2.45) is 0 Å². The van der Waals surface area contributed by atoms with Gasteiger partial charge in [-0.25, -0.2) is 14.4 Å². The lowest BCUT2D eigenvalue weighted by molar-refractivity contribution is -0.137. The monoisotopic (exact) mass is 547 g/mol. The maximum absolute atomic E-state index is 14.3. The Morgan fingerprint density at radius 3 is 2.45 bits per heavy atom. The number of carbonyl (C=O) groups excluding carboxylic acids is 1. The summed E-state index contributed by atoms with van der Waals surface area (Å²) in [7, 11) is 1.51. The number of anilines is 2. The number of nitrogens with one attached hydrogen (secondary N) is 1. The van der Waals surface area contributed by atoms with Gasteiger partial charge in [-0.3, -0.25) is 9.78 Å². The minimum absolute atomic E-state index is 0.0836. The van der Waals surface area contributed by atoms with Gasteiger partial charge >= 0.3 is 6.18 Å². The summed E-state index contributed by atoms with van der Waals surface area (Å²) in [6, 6.07) is 12.0. The molecule has 11 heteroatoms. The third-order valence-electron chi connectivity index (χ3n) is 6.34. The van der Waals surface area contributed by atoms with Crippen LogP contribution in [0.5, 0.6) is 5.75 Å². The first-order chi connectivity index (χ1) is 19.1. The van der Waals surface area contributed by atoms with Crippen molar-refractivity contribution in [2.75, 3.05) is 18.2 Å². The van der Waals surface area contributed by atoms with Crippen molar-refractivity contribution in [1.82, 2.24) is 15.0 Å². The number of carbonyl (C=O) groups is 1. The number of aryl methyl sites for hydroxylation is 1. The Morgan fingerprint density at radius 2 is 1.75 bits per heavy atom. The van der Waals surface area contributed by atoms with Gasteiger partial charge in [0.15, 0.2) is 0 Å². The van der Waals surface area contributed by atoms with E-state index in [1.165, 1.54) is 7.11 Å². The molecule has 3 N–H and O–H groups in total. The summed E-state index contributed by atoms with van der Waals surface area (Å²) >= 11 is 0. The van der Waals surface area contributed by atoms with Crippen molar-refractivity contribution in [3.63, 3.8) is 0 Å². The zero-order valence-electron chi connectivity index (χ0n) is 21.2. The summed E-state index contributed by atoms with van der Waals surface area (Å²) in [5.74, 6) is -1.55. The Hall–Kier alpha value is -5.06. The Labute approximate surface area is 225 Å². The molecule has 0 bridgehead atoms. The van der Waals surface area contributed by atoms with Crippen LogP contribution in [0.25, 0.3) is 33.2 Å². The first-order valence-electron chi connectivity index (χ1n) is 11.9. The van der Waals surface area contributed by atoms with Gasteiger partial charge in [0.1, 0.15) is 11.6 Å². The molecule has 5 aromatic rings. The summed E-state index contributed by atoms with van der Waals surface area (Å²) in [6.45, 7) is 1.85. The third kappa shape index (κ3) is 5.00. The molecule has 5 rings (SSSR count). The lowest BCUT2D eigenvalue weighted by atomic mass is 9.92. The molecule has 0 saturated carbocycles. The molecule has 0 fully saturated rings. The maximum atomic E-state index is 14.3. The molecule has 7 nitrogen and oxygen atoms in total. The van der Waals surface area contributed by atoms with Gasteiger partial charge in [0.2, 0.25) is 5.95 Å². The van der Waals surface area contributed by atoms with Gasteiger partial charge in [0, 0.05) is 35.2 Å². The molecule has 40 heavy (non-hydrogen) atoms. The Balaban J connectivity index is 1.63. The third-order valence-corrected chi connectivity index (χ3v) is 6.34. The molecule has 0 aliphatic heterocycles. The van der Waals surface area contributed by atoms with E-state index in [1.54, 1.807) is 48.9 Å². The lowest BCUT2D eigenvalue weighted by Crippen LogP contribution is -2.16. The van der Waals surface area contributed by atoms with Crippen LogP contribution in [-0.2, 0) is 6.18 Å². The molecular weight excluding hydrogens is 526 g/mol. The molecule has 2 heterocycles. The van der Waals surface area contributed by atoms with Crippen molar-refractivity contribution in [1.29, 1.82) is 0 Å². The number of ether oxygens (including phenoxy) is 1. The molecule has 202 valence electrons. The molecule has 0 saturated heterocycles. The number of nitrogens with two attached hydrogens (primary N) is 1. The van der Waals surface area contributed by atoms with Crippen LogP contribution in [0.1, 0.15) is 21.5 Å². The van der Waals surface area contributed by atoms with Crippen molar-refractivity contribution >= 4 is 28.4 Å². The number of hydrogen-bond donors (Lipinski definition) is 2. The number of halogens is 4. The van der Waals surface area contributed by atoms with E-state index < -0.39 is 29.0 Å². The number of methoxy groups -OCH3 is 1. The number of rotatable bonds is 5. The molecule has 0 aliphatic carbocycles. The SMILES string of the molecule is COc1c(-c2cc(NC(=O)c3cc(C(F)(F)F)ccc3F)ccc2C)cc2cnc(N)nc2c1-c1ccncc1. The normalized spacial score (nSPS) is 11.4. The minimum Gasteiger partial charge on any atom is -0.495 e. The van der Waals surface area contributed by atoms with Crippen molar-refractivity contribution in [2.45, 2.75) is 13.1 Å². The van der Waals surface area contributed by atoms with E-state index in [0.29, 0.717) is 51.5 Å². The fraction of sp³-hybridized carbons (Fsp3) is 0.103. The number of nitrogen functional groups attached to an aromatic ring is 1. The fourth-order valence-corrected chi connectivity index (χ4v) is 4.44. The van der Waals surface area contributed by atoms with E-state index in [4.69, 9.17) is 10.5 Å². The number of fused-ring (bicyclic) bond motifs is 1. The van der Waals surface area contributed by atoms with Crippen molar-refractivity contribution < 1.29 is 27.1 Å². The molecule has 0 aliphatic rings. The minimum atomic E-state index is -4.73. The molecule has 1 amide bonds. The Kier molecular flexibility index (Phi) is 6.80. The Morgan fingerprint density at radius 1 is 1.00 bits per heavy atom. The predicted molar refractivity (Wildman–Crippen MR) is 143 cm³/mol. The number of nitrogens with zero attached hydrogens (tertiary/aromatic N) is 3. The van der Waals surface area contributed by atoms with E-state index in [-0.39, 0.29) is 11.6 Å². The van der Waals surface area contributed by atoms with Crippen LogP contribution in [0.15, 0.2) is 73.2 Å². The predicted octanol–water partition coefficient (Wildman–Crippen LogP) is 6.67. The summed E-state index contributed by atoms with van der Waals surface area (Å²) in [6.07, 6.45) is 0.119. The van der Waals surface area contributed by atoms with E-state index in [9.17, 15) is 22.4 Å². The average molecular weight is 548 g/mol. The molecule has 0 unspecified atom stereocenters. The average Bonchev–Trinajstić information content (AvgIpc) is 2.93. The van der Waals surface area contributed by atoms with Gasteiger partial charge in [0.05, 0.1) is 29.3 Å². The van der Waals surface area contributed by atoms with Gasteiger partial charge in [0.25, 0.3) is 5.91 Å². The van der Waals surface area contributed by atoms with Crippen LogP contribution in [0.2, 0.25) is 0 Å². The van der Waals surface area contributed by atoms with E-state index in [1.807, 2.05) is 13.0 Å². The van der Waals surface area contributed by atoms with Gasteiger partial charge in [-0.15, -0.1) is 0 Å². The van der Waals surface area contributed by atoms with Crippen LogP contribution < -0.4 is 15.8 Å². The summed E-state index contributed by atoms with van der Waals surface area (Å²) < 4.78 is 59.7. The smallest absolute Gasteiger partial charge is 0.416 e. The number of hydrogen-bond acceptors (Lipinski definition) is 6. The highest BCUT2D eigenvalue weighted by molar-refractivity contribution is 6.06.